The summed E-state index contributed by atoms with van der Waals surface area (Å²) in [5.74, 6) is 1.91. The lowest BCUT2D eigenvalue weighted by molar-refractivity contribution is 0.224. The molecule has 19 heavy (non-hydrogen) atoms. The number of fused-ring (bicyclic) bond motifs is 2. The summed E-state index contributed by atoms with van der Waals surface area (Å²) >= 11 is 0. The Morgan fingerprint density at radius 3 is 2.53 bits per heavy atom. The van der Waals surface area contributed by atoms with E-state index < -0.39 is 0 Å². The van der Waals surface area contributed by atoms with Crippen molar-refractivity contribution in [1.82, 2.24) is 15.3 Å². The molecule has 0 aliphatic carbocycles. The average molecular weight is 261 g/mol. The molecule has 4 rings (SSSR count). The molecule has 1 aromatic rings. The molecule has 3 aliphatic heterocycles. The van der Waals surface area contributed by atoms with Gasteiger partial charge in [0.05, 0.1) is 0 Å². The normalized spacial score (nSPS) is 25.4. The standard InChI is InChI=1S/C14H23N5/c1-9(2)18(4)13-5-10(3)15-14(17-13)19-7-11-6-12(8-19)16-11/h5,9,11-12,16H,6-8H2,1-4H3. The van der Waals surface area contributed by atoms with E-state index in [9.17, 15) is 0 Å². The van der Waals surface area contributed by atoms with Crippen LogP contribution in [0.4, 0.5) is 11.8 Å². The molecule has 2 atom stereocenters. The van der Waals surface area contributed by atoms with Crippen LogP contribution in [0.15, 0.2) is 6.07 Å². The molecule has 3 aliphatic rings. The molecule has 1 aromatic heterocycles. The monoisotopic (exact) mass is 261 g/mol. The first-order valence-corrected chi connectivity index (χ1v) is 7.12. The number of nitrogens with zero attached hydrogens (tertiary/aromatic N) is 4. The van der Waals surface area contributed by atoms with Crippen molar-refractivity contribution < 1.29 is 0 Å². The van der Waals surface area contributed by atoms with Crippen LogP contribution in [-0.2, 0) is 0 Å². The summed E-state index contributed by atoms with van der Waals surface area (Å²) < 4.78 is 0. The van der Waals surface area contributed by atoms with E-state index in [0.29, 0.717) is 18.1 Å². The molecule has 3 fully saturated rings. The van der Waals surface area contributed by atoms with Gasteiger partial charge in [0.2, 0.25) is 5.95 Å². The lowest BCUT2D eigenvalue weighted by Gasteiger charge is -2.48. The van der Waals surface area contributed by atoms with E-state index in [1.807, 2.05) is 6.92 Å². The Morgan fingerprint density at radius 1 is 1.32 bits per heavy atom. The number of hydrogen-bond acceptors (Lipinski definition) is 5. The van der Waals surface area contributed by atoms with Crippen molar-refractivity contribution in [3.8, 4) is 0 Å². The van der Waals surface area contributed by atoms with Crippen molar-refractivity contribution in [3.05, 3.63) is 11.8 Å². The predicted octanol–water partition coefficient (Wildman–Crippen LogP) is 1.18. The summed E-state index contributed by atoms with van der Waals surface area (Å²) in [6.45, 7) is 8.47. The van der Waals surface area contributed by atoms with E-state index >= 15 is 0 Å². The van der Waals surface area contributed by atoms with Crippen molar-refractivity contribution in [2.24, 2.45) is 0 Å². The number of piperazine rings is 1. The Balaban J connectivity index is 1.85. The highest BCUT2D eigenvalue weighted by Crippen LogP contribution is 2.25. The Morgan fingerprint density at radius 2 is 1.95 bits per heavy atom. The quantitative estimate of drug-likeness (QED) is 0.885. The van der Waals surface area contributed by atoms with E-state index in [0.717, 1.165) is 30.5 Å². The number of aromatic nitrogens is 2. The van der Waals surface area contributed by atoms with Gasteiger partial charge in [-0.05, 0) is 27.2 Å². The van der Waals surface area contributed by atoms with Crippen LogP contribution in [0.1, 0.15) is 26.0 Å². The van der Waals surface area contributed by atoms with Crippen LogP contribution in [0.25, 0.3) is 0 Å². The molecule has 0 saturated carbocycles. The number of nitrogens with one attached hydrogen (secondary N) is 1. The van der Waals surface area contributed by atoms with Crippen molar-refractivity contribution in [2.75, 3.05) is 29.9 Å². The van der Waals surface area contributed by atoms with E-state index in [1.165, 1.54) is 6.42 Å². The van der Waals surface area contributed by atoms with E-state index in [2.05, 4.69) is 47.1 Å². The Hall–Kier alpha value is -1.36. The molecule has 104 valence electrons. The second-order valence-electron chi connectivity index (χ2n) is 6.07. The minimum absolute atomic E-state index is 0.443. The molecule has 0 aromatic carbocycles. The van der Waals surface area contributed by atoms with E-state index in [1.54, 1.807) is 0 Å². The Bertz CT molecular complexity index is 457. The third kappa shape index (κ3) is 2.39. The molecule has 1 N–H and O–H groups in total. The second-order valence-corrected chi connectivity index (χ2v) is 6.07. The van der Waals surface area contributed by atoms with Crippen LogP contribution in [0.5, 0.6) is 0 Å². The zero-order valence-corrected chi connectivity index (χ0v) is 12.2. The molecule has 2 bridgehead atoms. The smallest absolute Gasteiger partial charge is 0.227 e. The maximum atomic E-state index is 4.75. The third-order valence-electron chi connectivity index (χ3n) is 4.17. The maximum absolute atomic E-state index is 4.75. The van der Waals surface area contributed by atoms with Gasteiger partial charge in [-0.3, -0.25) is 0 Å². The van der Waals surface area contributed by atoms with Gasteiger partial charge in [-0.15, -0.1) is 0 Å². The summed E-state index contributed by atoms with van der Waals surface area (Å²) in [7, 11) is 2.09. The third-order valence-corrected chi connectivity index (χ3v) is 4.17. The van der Waals surface area contributed by atoms with Crippen LogP contribution in [0.3, 0.4) is 0 Å². The summed E-state index contributed by atoms with van der Waals surface area (Å²) in [5, 5.41) is 3.54. The topological polar surface area (TPSA) is 44.3 Å². The molecule has 5 nitrogen and oxygen atoms in total. The minimum atomic E-state index is 0.443. The van der Waals surface area contributed by atoms with Crippen molar-refractivity contribution >= 4 is 11.8 Å². The molecule has 3 saturated heterocycles. The first-order chi connectivity index (χ1) is 9.02. The highest BCUT2D eigenvalue weighted by molar-refractivity contribution is 5.46. The van der Waals surface area contributed by atoms with Gasteiger partial charge in [-0.1, -0.05) is 0 Å². The number of piperidine rings is 1. The summed E-state index contributed by atoms with van der Waals surface area (Å²) in [6.07, 6.45) is 1.31. The molecule has 0 amide bonds. The van der Waals surface area contributed by atoms with Crippen molar-refractivity contribution in [1.29, 1.82) is 0 Å². The summed E-state index contributed by atoms with van der Waals surface area (Å²) in [4.78, 5) is 13.9. The molecular weight excluding hydrogens is 238 g/mol. The number of rotatable bonds is 3. The molecule has 0 spiro atoms. The summed E-state index contributed by atoms with van der Waals surface area (Å²) in [6, 6.07) is 3.77. The molecular formula is C14H23N5. The molecule has 4 heterocycles. The highest BCUT2D eigenvalue weighted by atomic mass is 15.3. The fourth-order valence-corrected chi connectivity index (χ4v) is 2.80. The minimum Gasteiger partial charge on any atom is -0.357 e. The molecule has 5 heteroatoms. The summed E-state index contributed by atoms with van der Waals surface area (Å²) in [5.41, 5.74) is 1.04. The fourth-order valence-electron chi connectivity index (χ4n) is 2.80. The molecule has 2 unspecified atom stereocenters. The predicted molar refractivity (Wildman–Crippen MR) is 77.8 cm³/mol. The van der Waals surface area contributed by atoms with Crippen molar-refractivity contribution in [3.63, 3.8) is 0 Å². The van der Waals surface area contributed by atoms with Gasteiger partial charge < -0.3 is 15.1 Å². The van der Waals surface area contributed by atoms with Gasteiger partial charge >= 0.3 is 0 Å². The number of aryl methyl sites for hydroxylation is 1. The lowest BCUT2D eigenvalue weighted by atomic mass is 9.92. The van der Waals surface area contributed by atoms with Crippen LogP contribution in [0, 0.1) is 6.92 Å². The van der Waals surface area contributed by atoms with Crippen molar-refractivity contribution in [2.45, 2.75) is 45.3 Å². The van der Waals surface area contributed by atoms with Gasteiger partial charge in [0.15, 0.2) is 0 Å². The van der Waals surface area contributed by atoms with Crippen LogP contribution >= 0.6 is 0 Å². The zero-order chi connectivity index (χ0) is 13.6. The van der Waals surface area contributed by atoms with Crippen LogP contribution in [0.2, 0.25) is 0 Å². The fraction of sp³-hybridized carbons (Fsp3) is 0.714. The maximum Gasteiger partial charge on any atom is 0.227 e. The number of hydrogen-bond donors (Lipinski definition) is 1. The van der Waals surface area contributed by atoms with Gasteiger partial charge in [0.25, 0.3) is 0 Å². The SMILES string of the molecule is Cc1cc(N(C)C(C)C)nc(N2CC3CC(C2)N3)n1. The van der Waals surface area contributed by atoms with Gasteiger partial charge in [-0.25, -0.2) is 4.98 Å². The Labute approximate surface area is 115 Å². The van der Waals surface area contributed by atoms with Gasteiger partial charge in [0.1, 0.15) is 5.82 Å². The van der Waals surface area contributed by atoms with Crippen LogP contribution < -0.4 is 15.1 Å². The largest absolute Gasteiger partial charge is 0.357 e. The first-order valence-electron chi connectivity index (χ1n) is 7.12. The highest BCUT2D eigenvalue weighted by Gasteiger charge is 2.37. The Kier molecular flexibility index (Phi) is 3.09. The second kappa shape index (κ2) is 4.63. The lowest BCUT2D eigenvalue weighted by Crippen LogP contribution is -2.67. The van der Waals surface area contributed by atoms with E-state index in [4.69, 9.17) is 4.98 Å². The van der Waals surface area contributed by atoms with E-state index in [-0.39, 0.29) is 0 Å². The molecule has 0 radical (unpaired) electrons. The van der Waals surface area contributed by atoms with Gasteiger partial charge in [-0.2, -0.15) is 4.98 Å². The van der Waals surface area contributed by atoms with Crippen LogP contribution in [-0.4, -0.2) is 48.2 Å². The average Bonchev–Trinajstić information content (AvgIpc) is 2.36. The van der Waals surface area contributed by atoms with Gasteiger partial charge in [0, 0.05) is 50.0 Å². The number of anilines is 2. The first kappa shape index (κ1) is 12.7. The zero-order valence-electron chi connectivity index (χ0n) is 12.2.